The lowest BCUT2D eigenvalue weighted by atomic mass is 10.1. The zero-order chi connectivity index (χ0) is 16.8. The van der Waals surface area contributed by atoms with Gasteiger partial charge in [0, 0.05) is 9.92 Å². The van der Waals surface area contributed by atoms with Gasteiger partial charge < -0.3 is 10.1 Å². The summed E-state index contributed by atoms with van der Waals surface area (Å²) < 4.78 is 4.75. The Morgan fingerprint density at radius 1 is 1.17 bits per heavy atom. The molecular formula is C17H16ClNO3S. The number of hydrogen-bond acceptors (Lipinski definition) is 4. The molecule has 0 aliphatic heterocycles. The van der Waals surface area contributed by atoms with Gasteiger partial charge in [-0.3, -0.25) is 4.79 Å². The van der Waals surface area contributed by atoms with E-state index in [1.165, 1.54) is 18.9 Å². The van der Waals surface area contributed by atoms with Crippen molar-refractivity contribution >= 4 is 40.9 Å². The molecule has 0 unspecified atom stereocenters. The first kappa shape index (κ1) is 17.4. The van der Waals surface area contributed by atoms with Crippen molar-refractivity contribution in [1.29, 1.82) is 0 Å². The Morgan fingerprint density at radius 3 is 2.52 bits per heavy atom. The van der Waals surface area contributed by atoms with Crippen molar-refractivity contribution in [3.63, 3.8) is 0 Å². The zero-order valence-corrected chi connectivity index (χ0v) is 14.3. The number of amides is 1. The van der Waals surface area contributed by atoms with E-state index in [-0.39, 0.29) is 11.7 Å². The van der Waals surface area contributed by atoms with Crippen molar-refractivity contribution in [2.75, 3.05) is 18.2 Å². The lowest BCUT2D eigenvalue weighted by Gasteiger charge is -2.12. The number of ether oxygens (including phenoxy) is 1. The van der Waals surface area contributed by atoms with Gasteiger partial charge in [-0.05, 0) is 42.8 Å². The zero-order valence-electron chi connectivity index (χ0n) is 12.8. The maximum Gasteiger partial charge on any atom is 0.339 e. The summed E-state index contributed by atoms with van der Waals surface area (Å²) in [4.78, 5) is 24.9. The topological polar surface area (TPSA) is 55.4 Å². The monoisotopic (exact) mass is 349 g/mol. The second-order valence-corrected chi connectivity index (χ2v) is 6.27. The van der Waals surface area contributed by atoms with Gasteiger partial charge in [0.1, 0.15) is 0 Å². The van der Waals surface area contributed by atoms with Crippen molar-refractivity contribution in [2.24, 2.45) is 0 Å². The second kappa shape index (κ2) is 8.04. The number of rotatable bonds is 5. The smallest absolute Gasteiger partial charge is 0.339 e. The summed E-state index contributed by atoms with van der Waals surface area (Å²) in [5, 5.41) is 3.44. The van der Waals surface area contributed by atoms with Crippen LogP contribution in [0.25, 0.3) is 0 Å². The molecular weight excluding hydrogens is 334 g/mol. The fourth-order valence-corrected chi connectivity index (χ4v) is 2.79. The second-order valence-electron chi connectivity index (χ2n) is 4.78. The molecule has 0 spiro atoms. The SMILES string of the molecule is COC(=O)c1cccc(C)c1NC(=O)CSc1ccc(Cl)cc1. The fourth-order valence-electron chi connectivity index (χ4n) is 1.97. The summed E-state index contributed by atoms with van der Waals surface area (Å²) >= 11 is 7.22. The molecule has 0 saturated carbocycles. The van der Waals surface area contributed by atoms with Crippen LogP contribution in [-0.4, -0.2) is 24.7 Å². The molecule has 0 heterocycles. The Morgan fingerprint density at radius 2 is 1.87 bits per heavy atom. The first-order chi connectivity index (χ1) is 11.0. The minimum atomic E-state index is -0.477. The quantitative estimate of drug-likeness (QED) is 0.650. The molecule has 1 amide bonds. The lowest BCUT2D eigenvalue weighted by Crippen LogP contribution is -2.18. The Hall–Kier alpha value is -1.98. The van der Waals surface area contributed by atoms with Gasteiger partial charge >= 0.3 is 5.97 Å². The number of esters is 1. The van der Waals surface area contributed by atoms with Gasteiger partial charge in [-0.1, -0.05) is 23.7 Å². The maximum absolute atomic E-state index is 12.2. The fraction of sp³-hybridized carbons (Fsp3) is 0.176. The van der Waals surface area contributed by atoms with E-state index in [1.54, 1.807) is 24.3 Å². The maximum atomic E-state index is 12.2. The number of halogens is 1. The number of hydrogen-bond donors (Lipinski definition) is 1. The Kier molecular flexibility index (Phi) is 6.07. The molecule has 120 valence electrons. The minimum absolute atomic E-state index is 0.190. The van der Waals surface area contributed by atoms with Crippen LogP contribution in [0.3, 0.4) is 0 Å². The highest BCUT2D eigenvalue weighted by atomic mass is 35.5. The molecule has 23 heavy (non-hydrogen) atoms. The van der Waals surface area contributed by atoms with E-state index >= 15 is 0 Å². The normalized spacial score (nSPS) is 10.2. The summed E-state index contributed by atoms with van der Waals surface area (Å²) in [5.41, 5.74) is 1.64. The largest absolute Gasteiger partial charge is 0.465 e. The van der Waals surface area contributed by atoms with E-state index in [0.717, 1.165) is 10.5 Å². The molecule has 4 nitrogen and oxygen atoms in total. The number of carbonyl (C=O) groups is 2. The van der Waals surface area contributed by atoms with Crippen LogP contribution in [0.15, 0.2) is 47.4 Å². The predicted octanol–water partition coefficient (Wildman–Crippen LogP) is 4.17. The molecule has 0 radical (unpaired) electrons. The molecule has 0 fully saturated rings. The molecule has 2 aromatic rings. The van der Waals surface area contributed by atoms with Gasteiger partial charge in [0.25, 0.3) is 0 Å². The van der Waals surface area contributed by atoms with Crippen LogP contribution in [0.4, 0.5) is 5.69 Å². The van der Waals surface area contributed by atoms with Crippen molar-refractivity contribution in [3.05, 3.63) is 58.6 Å². The summed E-state index contributed by atoms with van der Waals surface area (Å²) in [7, 11) is 1.31. The molecule has 0 atom stereocenters. The molecule has 6 heteroatoms. The number of para-hydroxylation sites is 1. The van der Waals surface area contributed by atoms with Crippen LogP contribution in [0.2, 0.25) is 5.02 Å². The van der Waals surface area contributed by atoms with Crippen LogP contribution in [-0.2, 0) is 9.53 Å². The number of carbonyl (C=O) groups excluding carboxylic acids is 2. The molecule has 0 aliphatic rings. The average Bonchev–Trinajstić information content (AvgIpc) is 2.55. The van der Waals surface area contributed by atoms with Gasteiger partial charge in [-0.2, -0.15) is 0 Å². The molecule has 2 aromatic carbocycles. The van der Waals surface area contributed by atoms with Gasteiger partial charge in [-0.25, -0.2) is 4.79 Å². The number of benzene rings is 2. The van der Waals surface area contributed by atoms with Crippen molar-refractivity contribution in [3.8, 4) is 0 Å². The first-order valence-corrected chi connectivity index (χ1v) is 8.23. The Balaban J connectivity index is 2.05. The number of thioether (sulfide) groups is 1. The van der Waals surface area contributed by atoms with E-state index in [1.807, 2.05) is 25.1 Å². The van der Waals surface area contributed by atoms with Crippen LogP contribution in [0, 0.1) is 6.92 Å². The highest BCUT2D eigenvalue weighted by Crippen LogP contribution is 2.23. The molecule has 2 rings (SSSR count). The number of nitrogens with one attached hydrogen (secondary N) is 1. The summed E-state index contributed by atoms with van der Waals surface area (Å²) in [6, 6.07) is 12.5. The van der Waals surface area contributed by atoms with Crippen LogP contribution >= 0.6 is 23.4 Å². The standard InChI is InChI=1S/C17H16ClNO3S/c1-11-4-3-5-14(17(21)22-2)16(11)19-15(20)10-23-13-8-6-12(18)7-9-13/h3-9H,10H2,1-2H3,(H,19,20). The average molecular weight is 350 g/mol. The van der Waals surface area contributed by atoms with E-state index < -0.39 is 5.97 Å². The van der Waals surface area contributed by atoms with E-state index in [4.69, 9.17) is 16.3 Å². The number of methoxy groups -OCH3 is 1. The third-order valence-corrected chi connectivity index (χ3v) is 4.39. The third-order valence-electron chi connectivity index (χ3n) is 3.13. The highest BCUT2D eigenvalue weighted by molar-refractivity contribution is 8.00. The lowest BCUT2D eigenvalue weighted by molar-refractivity contribution is -0.113. The minimum Gasteiger partial charge on any atom is -0.465 e. The Bertz CT molecular complexity index is 716. The van der Waals surface area contributed by atoms with Crippen LogP contribution in [0.1, 0.15) is 15.9 Å². The van der Waals surface area contributed by atoms with Gasteiger partial charge in [-0.15, -0.1) is 11.8 Å². The van der Waals surface area contributed by atoms with Crippen molar-refractivity contribution in [1.82, 2.24) is 0 Å². The molecule has 0 bridgehead atoms. The van der Waals surface area contributed by atoms with Crippen LogP contribution < -0.4 is 5.32 Å². The van der Waals surface area contributed by atoms with Crippen molar-refractivity contribution < 1.29 is 14.3 Å². The van der Waals surface area contributed by atoms with Gasteiger partial charge in [0.2, 0.25) is 5.91 Å². The Labute approximate surface area is 144 Å². The van der Waals surface area contributed by atoms with Gasteiger partial charge in [0.15, 0.2) is 0 Å². The summed E-state index contributed by atoms with van der Waals surface area (Å²) in [6.07, 6.45) is 0. The van der Waals surface area contributed by atoms with Gasteiger partial charge in [0.05, 0.1) is 24.1 Å². The number of anilines is 1. The van der Waals surface area contributed by atoms with Crippen LogP contribution in [0.5, 0.6) is 0 Å². The molecule has 0 aliphatic carbocycles. The predicted molar refractivity (Wildman–Crippen MR) is 93.3 cm³/mol. The van der Waals surface area contributed by atoms with E-state index in [9.17, 15) is 9.59 Å². The number of aryl methyl sites for hydroxylation is 1. The molecule has 0 aromatic heterocycles. The highest BCUT2D eigenvalue weighted by Gasteiger charge is 2.15. The van der Waals surface area contributed by atoms with Crippen molar-refractivity contribution in [2.45, 2.75) is 11.8 Å². The molecule has 1 N–H and O–H groups in total. The first-order valence-electron chi connectivity index (χ1n) is 6.87. The summed E-state index contributed by atoms with van der Waals surface area (Å²) in [5.74, 6) is -0.435. The van der Waals surface area contributed by atoms with E-state index in [2.05, 4.69) is 5.32 Å². The summed E-state index contributed by atoms with van der Waals surface area (Å²) in [6.45, 7) is 1.83. The molecule has 0 saturated heterocycles. The van der Waals surface area contributed by atoms with E-state index in [0.29, 0.717) is 16.3 Å². The third kappa shape index (κ3) is 4.74.